The van der Waals surface area contributed by atoms with Gasteiger partial charge < -0.3 is 5.32 Å². The number of aromatic amines is 1. The number of rotatable bonds is 5. The van der Waals surface area contributed by atoms with E-state index in [1.165, 1.54) is 5.56 Å². The van der Waals surface area contributed by atoms with Crippen LogP contribution in [0.4, 0.5) is 5.69 Å². The van der Waals surface area contributed by atoms with Crippen molar-refractivity contribution in [2.24, 2.45) is 0 Å². The maximum absolute atomic E-state index is 4.07. The first-order valence-electron chi connectivity index (χ1n) is 6.63. The molecule has 0 bridgehead atoms. The molecule has 0 aliphatic heterocycles. The van der Waals surface area contributed by atoms with E-state index in [2.05, 4.69) is 64.0 Å². The van der Waals surface area contributed by atoms with Gasteiger partial charge in [0.15, 0.2) is 0 Å². The lowest BCUT2D eigenvalue weighted by Crippen LogP contribution is -2.03. The number of nitrogens with zero attached hydrogens (tertiary/aromatic N) is 1. The summed E-state index contributed by atoms with van der Waals surface area (Å²) in [7, 11) is 0. The van der Waals surface area contributed by atoms with Crippen LogP contribution in [0.3, 0.4) is 0 Å². The summed E-state index contributed by atoms with van der Waals surface area (Å²) in [6, 6.07) is 16.8. The zero-order chi connectivity index (χ0) is 12.9. The van der Waals surface area contributed by atoms with Crippen LogP contribution >= 0.6 is 0 Å². The molecule has 0 radical (unpaired) electrons. The van der Waals surface area contributed by atoms with Crippen LogP contribution in [0.5, 0.6) is 0 Å². The van der Waals surface area contributed by atoms with Gasteiger partial charge in [-0.25, -0.2) is 0 Å². The van der Waals surface area contributed by atoms with E-state index < -0.39 is 0 Å². The van der Waals surface area contributed by atoms with Gasteiger partial charge in [-0.15, -0.1) is 0 Å². The molecule has 3 nitrogen and oxygen atoms in total. The van der Waals surface area contributed by atoms with Crippen LogP contribution in [0.1, 0.15) is 12.0 Å². The second-order valence-electron chi connectivity index (χ2n) is 4.66. The molecule has 1 aromatic heterocycles. The lowest BCUT2D eigenvalue weighted by molar-refractivity contribution is 0.863. The molecule has 96 valence electrons. The molecular weight excluding hydrogens is 234 g/mol. The summed E-state index contributed by atoms with van der Waals surface area (Å²) in [6.07, 6.45) is 4.08. The first-order chi connectivity index (χ1) is 9.43. The molecule has 3 aromatic rings. The number of aromatic nitrogens is 2. The van der Waals surface area contributed by atoms with E-state index >= 15 is 0 Å². The van der Waals surface area contributed by atoms with Gasteiger partial charge in [0.1, 0.15) is 0 Å². The van der Waals surface area contributed by atoms with Gasteiger partial charge in [0.25, 0.3) is 0 Å². The maximum Gasteiger partial charge on any atom is 0.0881 e. The number of hydrogen-bond acceptors (Lipinski definition) is 2. The molecule has 0 aliphatic carbocycles. The van der Waals surface area contributed by atoms with E-state index in [4.69, 9.17) is 0 Å². The molecule has 0 saturated heterocycles. The molecule has 2 N–H and O–H groups in total. The molecule has 19 heavy (non-hydrogen) atoms. The molecule has 0 saturated carbocycles. The van der Waals surface area contributed by atoms with Gasteiger partial charge in [-0.1, -0.05) is 42.5 Å². The van der Waals surface area contributed by atoms with Gasteiger partial charge in [0, 0.05) is 11.9 Å². The number of benzene rings is 2. The van der Waals surface area contributed by atoms with E-state index in [-0.39, 0.29) is 0 Å². The number of nitrogens with one attached hydrogen (secondary N) is 2. The molecule has 0 unspecified atom stereocenters. The molecule has 0 spiro atoms. The predicted molar refractivity (Wildman–Crippen MR) is 79.3 cm³/mol. The first kappa shape index (κ1) is 11.8. The third kappa shape index (κ3) is 2.76. The number of fused-ring (bicyclic) bond motifs is 1. The topological polar surface area (TPSA) is 40.7 Å². The third-order valence-corrected chi connectivity index (χ3v) is 3.28. The molecule has 0 aliphatic rings. The minimum absolute atomic E-state index is 0.965. The number of hydrogen-bond donors (Lipinski definition) is 2. The fourth-order valence-corrected chi connectivity index (χ4v) is 2.28. The molecule has 3 heteroatoms. The smallest absolute Gasteiger partial charge is 0.0881 e. The zero-order valence-corrected chi connectivity index (χ0v) is 10.8. The Morgan fingerprint density at radius 3 is 2.79 bits per heavy atom. The van der Waals surface area contributed by atoms with Crippen molar-refractivity contribution in [3.05, 3.63) is 60.3 Å². The standard InChI is InChI=1S/C16H17N3/c1-2-6-13(7-3-1)8-5-11-17-15-10-4-9-14-12-18-19-16(14)15/h1-4,6-7,9-10,12,17H,5,8,11H2,(H,18,19). The van der Waals surface area contributed by atoms with Gasteiger partial charge in [0.05, 0.1) is 17.4 Å². The van der Waals surface area contributed by atoms with Crippen LogP contribution in [0, 0.1) is 0 Å². The van der Waals surface area contributed by atoms with Crippen molar-refractivity contribution in [2.75, 3.05) is 11.9 Å². The average Bonchev–Trinajstić information content (AvgIpc) is 2.94. The van der Waals surface area contributed by atoms with Crippen LogP contribution in [0.15, 0.2) is 54.7 Å². The lowest BCUT2D eigenvalue weighted by atomic mass is 10.1. The van der Waals surface area contributed by atoms with Gasteiger partial charge in [0.2, 0.25) is 0 Å². The largest absolute Gasteiger partial charge is 0.383 e. The van der Waals surface area contributed by atoms with Crippen molar-refractivity contribution in [1.29, 1.82) is 0 Å². The third-order valence-electron chi connectivity index (χ3n) is 3.28. The Balaban J connectivity index is 1.57. The zero-order valence-electron chi connectivity index (χ0n) is 10.8. The van der Waals surface area contributed by atoms with Gasteiger partial charge >= 0.3 is 0 Å². The van der Waals surface area contributed by atoms with E-state index in [1.807, 2.05) is 6.20 Å². The Kier molecular flexibility index (Phi) is 3.45. The van der Waals surface area contributed by atoms with E-state index in [0.29, 0.717) is 0 Å². The van der Waals surface area contributed by atoms with Crippen molar-refractivity contribution in [3.8, 4) is 0 Å². The normalized spacial score (nSPS) is 10.7. The number of anilines is 1. The summed E-state index contributed by atoms with van der Waals surface area (Å²) in [4.78, 5) is 0. The van der Waals surface area contributed by atoms with Gasteiger partial charge in [-0.05, 0) is 24.5 Å². The number of H-pyrrole nitrogens is 1. The van der Waals surface area contributed by atoms with Crippen LogP contribution in [0.25, 0.3) is 10.9 Å². The highest BCUT2D eigenvalue weighted by Crippen LogP contribution is 2.20. The minimum atomic E-state index is 0.965. The van der Waals surface area contributed by atoms with Crippen LogP contribution in [0.2, 0.25) is 0 Å². The summed E-state index contributed by atoms with van der Waals surface area (Å²) in [5, 5.41) is 11.7. The van der Waals surface area contributed by atoms with Gasteiger partial charge in [-0.3, -0.25) is 5.10 Å². The van der Waals surface area contributed by atoms with E-state index in [1.54, 1.807) is 0 Å². The summed E-state index contributed by atoms with van der Waals surface area (Å²) >= 11 is 0. The molecule has 3 rings (SSSR count). The Morgan fingerprint density at radius 2 is 1.89 bits per heavy atom. The lowest BCUT2D eigenvalue weighted by Gasteiger charge is -2.07. The second-order valence-corrected chi connectivity index (χ2v) is 4.66. The van der Waals surface area contributed by atoms with E-state index in [0.717, 1.165) is 36.0 Å². The average molecular weight is 251 g/mol. The van der Waals surface area contributed by atoms with Crippen molar-refractivity contribution >= 4 is 16.6 Å². The molecule has 0 amide bonds. The van der Waals surface area contributed by atoms with Crippen molar-refractivity contribution in [3.63, 3.8) is 0 Å². The quantitative estimate of drug-likeness (QED) is 0.680. The summed E-state index contributed by atoms with van der Waals surface area (Å²) in [5.41, 5.74) is 3.61. The van der Waals surface area contributed by atoms with Crippen molar-refractivity contribution in [1.82, 2.24) is 10.2 Å². The fourth-order valence-electron chi connectivity index (χ4n) is 2.28. The molecule has 0 fully saturated rings. The molecular formula is C16H17N3. The summed E-state index contributed by atoms with van der Waals surface area (Å²) in [6.45, 7) is 0.965. The summed E-state index contributed by atoms with van der Waals surface area (Å²) < 4.78 is 0. The predicted octanol–water partition coefficient (Wildman–Crippen LogP) is 3.61. The Labute approximate surface area is 112 Å². The van der Waals surface area contributed by atoms with Gasteiger partial charge in [-0.2, -0.15) is 5.10 Å². The maximum atomic E-state index is 4.07. The molecule has 1 heterocycles. The van der Waals surface area contributed by atoms with Crippen molar-refractivity contribution < 1.29 is 0 Å². The Bertz CT molecular complexity index is 643. The number of aryl methyl sites for hydroxylation is 1. The Morgan fingerprint density at radius 1 is 1.00 bits per heavy atom. The van der Waals surface area contributed by atoms with Crippen LogP contribution < -0.4 is 5.32 Å². The van der Waals surface area contributed by atoms with Crippen molar-refractivity contribution in [2.45, 2.75) is 12.8 Å². The fraction of sp³-hybridized carbons (Fsp3) is 0.188. The van der Waals surface area contributed by atoms with E-state index in [9.17, 15) is 0 Å². The highest BCUT2D eigenvalue weighted by molar-refractivity contribution is 5.89. The monoisotopic (exact) mass is 251 g/mol. The Hall–Kier alpha value is -2.29. The second kappa shape index (κ2) is 5.57. The molecule has 2 aromatic carbocycles. The first-order valence-corrected chi connectivity index (χ1v) is 6.63. The van der Waals surface area contributed by atoms with Crippen LogP contribution in [-0.4, -0.2) is 16.7 Å². The minimum Gasteiger partial charge on any atom is -0.383 e. The SMILES string of the molecule is c1ccc(CCCNc2cccc3cn[nH]c23)cc1. The molecule has 0 atom stereocenters. The summed E-state index contributed by atoms with van der Waals surface area (Å²) in [5.74, 6) is 0. The number of para-hydroxylation sites is 1. The van der Waals surface area contributed by atoms with Crippen LogP contribution in [-0.2, 0) is 6.42 Å². The highest BCUT2D eigenvalue weighted by Gasteiger charge is 2.01. The highest BCUT2D eigenvalue weighted by atomic mass is 15.1.